The van der Waals surface area contributed by atoms with E-state index in [4.69, 9.17) is 4.74 Å². The topological polar surface area (TPSA) is 81.6 Å². The third-order valence-corrected chi connectivity index (χ3v) is 7.01. The first-order chi connectivity index (χ1) is 16.2. The second-order valence-corrected chi connectivity index (χ2v) is 9.08. The monoisotopic (exact) mass is 445 g/mol. The van der Waals surface area contributed by atoms with E-state index in [1.165, 1.54) is 0 Å². The number of rotatable bonds is 6. The molecule has 1 saturated heterocycles. The van der Waals surface area contributed by atoms with Gasteiger partial charge < -0.3 is 19.9 Å². The van der Waals surface area contributed by atoms with Crippen LogP contribution in [0.25, 0.3) is 27.7 Å². The molecule has 0 amide bonds. The van der Waals surface area contributed by atoms with Gasteiger partial charge in [0.25, 0.3) is 0 Å². The van der Waals surface area contributed by atoms with E-state index in [2.05, 4.69) is 39.2 Å². The van der Waals surface area contributed by atoms with E-state index in [0.717, 1.165) is 77.1 Å². The summed E-state index contributed by atoms with van der Waals surface area (Å²) in [5.41, 5.74) is 6.08. The summed E-state index contributed by atoms with van der Waals surface area (Å²) in [6.45, 7) is 3.02. The number of likely N-dealkylation sites (tertiary alicyclic amines) is 1. The second kappa shape index (κ2) is 9.51. The lowest BCUT2D eigenvalue weighted by Gasteiger charge is -2.33. The van der Waals surface area contributed by atoms with E-state index in [1.807, 2.05) is 30.6 Å². The summed E-state index contributed by atoms with van der Waals surface area (Å²) in [4.78, 5) is 10.3. The summed E-state index contributed by atoms with van der Waals surface area (Å²) in [5.74, 6) is 1.25. The highest BCUT2D eigenvalue weighted by molar-refractivity contribution is 5.96. The molecule has 2 aliphatic rings. The van der Waals surface area contributed by atoms with Crippen LogP contribution in [0.15, 0.2) is 60.5 Å². The van der Waals surface area contributed by atoms with Gasteiger partial charge in [-0.25, -0.2) is 4.98 Å². The molecule has 2 aromatic heterocycles. The van der Waals surface area contributed by atoms with Crippen LogP contribution in [0.2, 0.25) is 0 Å². The van der Waals surface area contributed by atoms with E-state index in [0.29, 0.717) is 12.3 Å². The number of nitrogens with one attached hydrogen (secondary N) is 1. The van der Waals surface area contributed by atoms with Crippen LogP contribution in [-0.4, -0.2) is 64.5 Å². The zero-order valence-electron chi connectivity index (χ0n) is 19.0. The number of fused-ring (bicyclic) bond motifs is 1. The Bertz CT molecular complexity index is 1190. The molecule has 0 spiro atoms. The Morgan fingerprint density at radius 3 is 2.73 bits per heavy atom. The predicted octanol–water partition coefficient (Wildman–Crippen LogP) is 4.02. The van der Waals surface area contributed by atoms with Gasteiger partial charge in [-0.2, -0.15) is 0 Å². The summed E-state index contributed by atoms with van der Waals surface area (Å²) < 4.78 is 5.56. The van der Waals surface area contributed by atoms with Crippen LogP contribution in [0.3, 0.4) is 0 Å². The number of methoxy groups -OCH3 is 1. The number of H-pyrrole nitrogens is 1. The Kier molecular flexibility index (Phi) is 6.31. The first-order valence-corrected chi connectivity index (χ1v) is 11.7. The summed E-state index contributed by atoms with van der Waals surface area (Å²) in [6, 6.07) is 10.1. The largest absolute Gasteiger partial charge is 0.496 e. The minimum atomic E-state index is -0.490. The van der Waals surface area contributed by atoms with Crippen molar-refractivity contribution in [2.45, 2.75) is 25.4 Å². The molecule has 172 valence electrons. The third kappa shape index (κ3) is 4.47. The number of aromatic amines is 1. The Morgan fingerprint density at radius 2 is 1.97 bits per heavy atom. The fourth-order valence-corrected chi connectivity index (χ4v) is 4.95. The van der Waals surface area contributed by atoms with Crippen LogP contribution in [0.1, 0.15) is 24.8 Å². The molecule has 33 heavy (non-hydrogen) atoms. The highest BCUT2D eigenvalue weighted by Gasteiger charge is 2.24. The van der Waals surface area contributed by atoms with Gasteiger partial charge in [-0.15, -0.1) is 0 Å². The molecule has 6 nitrogen and oxygen atoms in total. The van der Waals surface area contributed by atoms with Gasteiger partial charge in [-0.3, -0.25) is 4.90 Å². The lowest BCUT2D eigenvalue weighted by atomic mass is 9.90. The van der Waals surface area contributed by atoms with E-state index < -0.39 is 6.10 Å². The van der Waals surface area contributed by atoms with E-state index in [1.54, 1.807) is 7.11 Å². The molecule has 0 radical (unpaired) electrons. The van der Waals surface area contributed by atoms with Crippen molar-refractivity contribution in [2.75, 3.05) is 33.4 Å². The van der Waals surface area contributed by atoms with Gasteiger partial charge in [-0.1, -0.05) is 30.4 Å². The minimum Gasteiger partial charge on any atom is -0.496 e. The molecular weight excluding hydrogens is 414 g/mol. The lowest BCUT2D eigenvalue weighted by Crippen LogP contribution is -2.37. The number of benzene rings is 1. The lowest BCUT2D eigenvalue weighted by molar-refractivity contribution is 0.129. The number of ether oxygens (including phenoxy) is 1. The van der Waals surface area contributed by atoms with E-state index in [9.17, 15) is 10.2 Å². The zero-order valence-corrected chi connectivity index (χ0v) is 19.0. The average Bonchev–Trinajstić information content (AvgIpc) is 3.29. The smallest absolute Gasteiger partial charge is 0.137 e. The number of allylic oxidation sites excluding steroid dienone is 2. The summed E-state index contributed by atoms with van der Waals surface area (Å²) >= 11 is 0. The van der Waals surface area contributed by atoms with Crippen LogP contribution in [0.4, 0.5) is 0 Å². The van der Waals surface area contributed by atoms with Crippen LogP contribution < -0.4 is 4.74 Å². The Balaban J connectivity index is 1.39. The standard InChI is InChI=1S/C27H31N3O3/c1-33-26-5-3-2-4-22(26)24-15-29-27-23(24)12-21(14-28-27)19-6-7-20(25(32)13-19)16-30-10-8-18(17-31)9-11-30/h2-7,12,14-15,18,25,31-32H,8-11,13,16-17H2,1H3,(H,28,29). The summed E-state index contributed by atoms with van der Waals surface area (Å²) in [5, 5.41) is 21.3. The van der Waals surface area contributed by atoms with Gasteiger partial charge >= 0.3 is 0 Å². The highest BCUT2D eigenvalue weighted by atomic mass is 16.5. The third-order valence-electron chi connectivity index (χ3n) is 7.01. The first kappa shape index (κ1) is 21.9. The maximum Gasteiger partial charge on any atom is 0.137 e. The predicted molar refractivity (Wildman–Crippen MR) is 131 cm³/mol. The number of aliphatic hydroxyl groups excluding tert-OH is 2. The summed E-state index contributed by atoms with van der Waals surface area (Å²) in [6.07, 6.45) is 10.2. The number of pyridine rings is 1. The molecule has 3 heterocycles. The first-order valence-electron chi connectivity index (χ1n) is 11.7. The highest BCUT2D eigenvalue weighted by Crippen LogP contribution is 2.36. The molecule has 3 N–H and O–H groups in total. The number of hydrogen-bond donors (Lipinski definition) is 3. The van der Waals surface area contributed by atoms with Crippen LogP contribution >= 0.6 is 0 Å². The fraction of sp³-hybridized carbons (Fsp3) is 0.370. The van der Waals surface area contributed by atoms with Crippen molar-refractivity contribution in [1.82, 2.24) is 14.9 Å². The van der Waals surface area contributed by atoms with Crippen molar-refractivity contribution < 1.29 is 14.9 Å². The van der Waals surface area contributed by atoms with Crippen molar-refractivity contribution >= 4 is 16.6 Å². The molecule has 1 aliphatic heterocycles. The fourth-order valence-electron chi connectivity index (χ4n) is 4.95. The van der Waals surface area contributed by atoms with Crippen LogP contribution in [0.5, 0.6) is 5.75 Å². The molecule has 1 aromatic carbocycles. The van der Waals surface area contributed by atoms with Gasteiger partial charge in [0, 0.05) is 48.5 Å². The number of aliphatic hydroxyl groups is 2. The Labute approximate surface area is 194 Å². The molecule has 0 saturated carbocycles. The van der Waals surface area contributed by atoms with Crippen molar-refractivity contribution in [3.8, 4) is 16.9 Å². The minimum absolute atomic E-state index is 0.281. The Hall–Kier alpha value is -2.93. The molecule has 5 rings (SSSR count). The molecule has 0 bridgehead atoms. The maximum atomic E-state index is 10.9. The zero-order chi connectivity index (χ0) is 22.8. The van der Waals surface area contributed by atoms with E-state index in [-0.39, 0.29) is 6.61 Å². The normalized spacial score (nSPS) is 20.0. The van der Waals surface area contributed by atoms with Crippen LogP contribution in [-0.2, 0) is 0 Å². The number of para-hydroxylation sites is 1. The second-order valence-electron chi connectivity index (χ2n) is 9.08. The van der Waals surface area contributed by atoms with Gasteiger partial charge in [0.15, 0.2) is 0 Å². The molecule has 1 aliphatic carbocycles. The molecular formula is C27H31N3O3. The van der Waals surface area contributed by atoms with Crippen LogP contribution in [0, 0.1) is 5.92 Å². The van der Waals surface area contributed by atoms with Crippen molar-refractivity contribution in [3.63, 3.8) is 0 Å². The molecule has 1 fully saturated rings. The summed E-state index contributed by atoms with van der Waals surface area (Å²) in [7, 11) is 1.68. The van der Waals surface area contributed by atoms with E-state index >= 15 is 0 Å². The number of nitrogens with zero attached hydrogens (tertiary/aromatic N) is 2. The van der Waals surface area contributed by atoms with Gasteiger partial charge in [-0.05, 0) is 60.7 Å². The molecule has 3 aromatic rings. The van der Waals surface area contributed by atoms with Gasteiger partial charge in [0.05, 0.1) is 13.2 Å². The number of hydrogen-bond acceptors (Lipinski definition) is 5. The SMILES string of the molecule is COc1ccccc1-c1c[nH]c2ncc(C3=CC=C(CN4CCC(CO)CC4)C(O)C3)cc12. The van der Waals surface area contributed by atoms with Gasteiger partial charge in [0.2, 0.25) is 0 Å². The maximum absolute atomic E-state index is 10.9. The average molecular weight is 446 g/mol. The molecule has 1 atom stereocenters. The Morgan fingerprint density at radius 1 is 1.15 bits per heavy atom. The van der Waals surface area contributed by atoms with Crippen molar-refractivity contribution in [3.05, 3.63) is 66.0 Å². The molecule has 1 unspecified atom stereocenters. The number of aromatic nitrogens is 2. The molecule has 6 heteroatoms. The van der Waals surface area contributed by atoms with Crippen molar-refractivity contribution in [1.29, 1.82) is 0 Å². The quantitative estimate of drug-likeness (QED) is 0.534. The number of piperidine rings is 1. The van der Waals surface area contributed by atoms with Gasteiger partial charge in [0.1, 0.15) is 11.4 Å². The van der Waals surface area contributed by atoms with Crippen molar-refractivity contribution in [2.24, 2.45) is 5.92 Å².